The van der Waals surface area contributed by atoms with Gasteiger partial charge in [-0.05, 0) is 32.4 Å². The average Bonchev–Trinajstić information content (AvgIpc) is 2.53. The van der Waals surface area contributed by atoms with Gasteiger partial charge in [-0.3, -0.25) is 14.2 Å². The van der Waals surface area contributed by atoms with Gasteiger partial charge in [0.1, 0.15) is 0 Å². The highest BCUT2D eigenvalue weighted by atomic mass is 31.2. The Morgan fingerprint density at radius 2 is 1.84 bits per heavy atom. The van der Waals surface area contributed by atoms with Crippen LogP contribution < -0.4 is 22.1 Å². The molecule has 0 aromatic rings. The third-order valence-corrected chi connectivity index (χ3v) is 4.91. The number of hydrogen-bond donors (Lipinski definition) is 6. The number of nitrogens with two attached hydrogens (primary N) is 2. The summed E-state index contributed by atoms with van der Waals surface area (Å²) in [4.78, 5) is 43.1. The predicted molar refractivity (Wildman–Crippen MR) is 93.8 cm³/mol. The van der Waals surface area contributed by atoms with E-state index in [9.17, 15) is 14.2 Å². The van der Waals surface area contributed by atoms with Gasteiger partial charge in [-0.15, -0.1) is 0 Å². The Hall–Kier alpha value is -1.03. The van der Waals surface area contributed by atoms with Crippen LogP contribution in [0, 0.1) is 0 Å². The van der Waals surface area contributed by atoms with Crippen molar-refractivity contribution >= 4 is 19.4 Å². The number of carbonyl (C=O) groups is 2. The number of piperidine rings is 1. The number of amides is 2. The second kappa shape index (κ2) is 10.8. The van der Waals surface area contributed by atoms with Crippen LogP contribution in [0.15, 0.2) is 0 Å². The van der Waals surface area contributed by atoms with Gasteiger partial charge in [-0.2, -0.15) is 0 Å². The summed E-state index contributed by atoms with van der Waals surface area (Å²) in [6, 6.07) is -0.605. The van der Waals surface area contributed by atoms with Crippen LogP contribution in [-0.4, -0.2) is 77.5 Å². The molecule has 1 heterocycles. The third-order valence-electron chi connectivity index (χ3n) is 4.10. The van der Waals surface area contributed by atoms with Gasteiger partial charge in [0.05, 0.1) is 12.2 Å². The minimum atomic E-state index is -4.14. The summed E-state index contributed by atoms with van der Waals surface area (Å²) in [6.45, 7) is 3.04. The highest BCUT2D eigenvalue weighted by Crippen LogP contribution is 2.32. The molecule has 11 heteroatoms. The molecule has 1 saturated heterocycles. The standard InChI is InChI=1S/C14H30N5O5P/c15-11-3-7-19(8-4-11)9-5-17-13(20)2-1-12(16)14(21)18-6-10-25(22,23)24/h11-12H,1-10,15-16H2,(H,17,20)(H,18,21)(H2,22,23,24)/t12-/m0/s1. The first-order chi connectivity index (χ1) is 11.7. The maximum atomic E-state index is 11.8. The molecule has 10 nitrogen and oxygen atoms in total. The molecule has 1 aliphatic heterocycles. The Kier molecular flexibility index (Phi) is 9.55. The molecule has 1 fully saturated rings. The van der Waals surface area contributed by atoms with Gasteiger partial charge in [0.25, 0.3) is 0 Å². The number of hydrogen-bond acceptors (Lipinski definition) is 6. The molecule has 0 aliphatic carbocycles. The van der Waals surface area contributed by atoms with E-state index in [1.165, 1.54) is 0 Å². The van der Waals surface area contributed by atoms with Crippen molar-refractivity contribution in [3.63, 3.8) is 0 Å². The Balaban J connectivity index is 2.10. The lowest BCUT2D eigenvalue weighted by Crippen LogP contribution is -2.44. The average molecular weight is 379 g/mol. The fourth-order valence-electron chi connectivity index (χ4n) is 2.49. The molecule has 0 unspecified atom stereocenters. The van der Waals surface area contributed by atoms with E-state index in [0.717, 1.165) is 32.5 Å². The second-order valence-corrected chi connectivity index (χ2v) is 8.13. The third kappa shape index (κ3) is 10.5. The lowest BCUT2D eigenvalue weighted by atomic mass is 10.1. The SMILES string of the molecule is NC1CCN(CCNC(=O)CC[C@H](N)C(=O)NCCP(=O)(O)O)CC1. The number of rotatable bonds is 10. The van der Waals surface area contributed by atoms with Crippen LogP contribution in [-0.2, 0) is 14.2 Å². The van der Waals surface area contributed by atoms with Crippen molar-refractivity contribution in [2.24, 2.45) is 11.5 Å². The zero-order valence-corrected chi connectivity index (χ0v) is 15.3. The van der Waals surface area contributed by atoms with Gasteiger partial charge >= 0.3 is 7.60 Å². The summed E-state index contributed by atoms with van der Waals surface area (Å²) in [6.07, 6.45) is 1.80. The van der Waals surface area contributed by atoms with E-state index >= 15 is 0 Å². The highest BCUT2D eigenvalue weighted by molar-refractivity contribution is 7.51. The van der Waals surface area contributed by atoms with Crippen molar-refractivity contribution in [3.05, 3.63) is 0 Å². The van der Waals surface area contributed by atoms with Gasteiger partial charge in [0.2, 0.25) is 11.8 Å². The molecule has 0 bridgehead atoms. The quantitative estimate of drug-likeness (QED) is 0.235. The summed E-state index contributed by atoms with van der Waals surface area (Å²) in [7, 11) is -4.14. The van der Waals surface area contributed by atoms with Gasteiger partial charge in [-0.1, -0.05) is 0 Å². The lowest BCUT2D eigenvalue weighted by molar-refractivity contribution is -0.123. The van der Waals surface area contributed by atoms with E-state index in [1.807, 2.05) is 0 Å². The van der Waals surface area contributed by atoms with Crippen molar-refractivity contribution in [2.45, 2.75) is 37.8 Å². The Morgan fingerprint density at radius 1 is 1.20 bits per heavy atom. The molecule has 0 saturated carbocycles. The zero-order valence-electron chi connectivity index (χ0n) is 14.4. The topological polar surface area (TPSA) is 171 Å². The molecule has 1 rings (SSSR count). The number of nitrogens with one attached hydrogen (secondary N) is 2. The van der Waals surface area contributed by atoms with Gasteiger partial charge in [0.15, 0.2) is 0 Å². The molecule has 0 spiro atoms. The second-order valence-electron chi connectivity index (χ2n) is 6.35. The van der Waals surface area contributed by atoms with Gasteiger partial charge in [-0.25, -0.2) is 0 Å². The van der Waals surface area contributed by atoms with E-state index in [-0.39, 0.29) is 31.3 Å². The van der Waals surface area contributed by atoms with Crippen LogP contribution >= 0.6 is 7.60 Å². The fourth-order valence-corrected chi connectivity index (χ4v) is 2.89. The van der Waals surface area contributed by atoms with E-state index in [2.05, 4.69) is 15.5 Å². The predicted octanol–water partition coefficient (Wildman–Crippen LogP) is -2.07. The van der Waals surface area contributed by atoms with E-state index in [1.54, 1.807) is 0 Å². The minimum absolute atomic E-state index is 0.123. The van der Waals surface area contributed by atoms with Crippen LogP contribution in [0.2, 0.25) is 0 Å². The van der Waals surface area contributed by atoms with E-state index < -0.39 is 25.7 Å². The van der Waals surface area contributed by atoms with Gasteiger partial charge < -0.3 is 36.8 Å². The Labute approximate surface area is 147 Å². The van der Waals surface area contributed by atoms with Crippen LogP contribution in [0.25, 0.3) is 0 Å². The summed E-state index contributed by atoms with van der Waals surface area (Å²) < 4.78 is 10.7. The van der Waals surface area contributed by atoms with Crippen molar-refractivity contribution < 1.29 is 23.9 Å². The van der Waals surface area contributed by atoms with Crippen LogP contribution in [0.1, 0.15) is 25.7 Å². The number of nitrogens with zero attached hydrogens (tertiary/aromatic N) is 1. The monoisotopic (exact) mass is 379 g/mol. The molecule has 0 radical (unpaired) electrons. The maximum absolute atomic E-state index is 11.8. The van der Waals surface area contributed by atoms with Crippen molar-refractivity contribution in [2.75, 3.05) is 38.9 Å². The molecule has 2 amide bonds. The molecule has 1 aliphatic rings. The first-order valence-corrected chi connectivity index (χ1v) is 10.3. The number of likely N-dealkylation sites (tertiary alicyclic amines) is 1. The van der Waals surface area contributed by atoms with E-state index in [4.69, 9.17) is 21.3 Å². The van der Waals surface area contributed by atoms with Gasteiger partial charge in [0, 0.05) is 32.1 Å². The summed E-state index contributed by atoms with van der Waals surface area (Å²) in [5, 5.41) is 5.14. The lowest BCUT2D eigenvalue weighted by Gasteiger charge is -2.29. The molecule has 0 aromatic carbocycles. The largest absolute Gasteiger partial charge is 0.355 e. The van der Waals surface area contributed by atoms with Crippen LogP contribution in [0.5, 0.6) is 0 Å². The number of carbonyl (C=O) groups excluding carboxylic acids is 2. The summed E-state index contributed by atoms with van der Waals surface area (Å²) in [5.41, 5.74) is 11.5. The van der Waals surface area contributed by atoms with Crippen molar-refractivity contribution in [1.29, 1.82) is 0 Å². The molecule has 146 valence electrons. The molecule has 25 heavy (non-hydrogen) atoms. The molecule has 8 N–H and O–H groups in total. The smallest absolute Gasteiger partial charge is 0.327 e. The summed E-state index contributed by atoms with van der Waals surface area (Å²) in [5.74, 6) is -0.696. The fraction of sp³-hybridized carbons (Fsp3) is 0.857. The normalized spacial score (nSPS) is 17.9. The van der Waals surface area contributed by atoms with E-state index in [0.29, 0.717) is 6.54 Å². The molecule has 1 atom stereocenters. The first kappa shape index (κ1) is 22.0. The van der Waals surface area contributed by atoms with Crippen molar-refractivity contribution in [3.8, 4) is 0 Å². The van der Waals surface area contributed by atoms with Crippen LogP contribution in [0.3, 0.4) is 0 Å². The Bertz CT molecular complexity index is 478. The highest BCUT2D eigenvalue weighted by Gasteiger charge is 2.18. The zero-order chi connectivity index (χ0) is 18.9. The Morgan fingerprint density at radius 3 is 2.44 bits per heavy atom. The first-order valence-electron chi connectivity index (χ1n) is 8.50. The minimum Gasteiger partial charge on any atom is -0.355 e. The molecular weight excluding hydrogens is 349 g/mol. The van der Waals surface area contributed by atoms with Crippen LogP contribution in [0.4, 0.5) is 0 Å². The molecular formula is C14H30N5O5P. The summed E-state index contributed by atoms with van der Waals surface area (Å²) >= 11 is 0. The van der Waals surface area contributed by atoms with Crippen molar-refractivity contribution in [1.82, 2.24) is 15.5 Å². The molecule has 0 aromatic heterocycles. The maximum Gasteiger partial charge on any atom is 0.327 e.